The number of carbonyl (C=O) groups is 1. The summed E-state index contributed by atoms with van der Waals surface area (Å²) in [4.78, 5) is 12.8. The van der Waals surface area contributed by atoms with E-state index in [-0.39, 0.29) is 65.5 Å². The van der Waals surface area contributed by atoms with Gasteiger partial charge in [0.05, 0.1) is 0 Å². The number of hydrogen-bond acceptors (Lipinski definition) is 13. The summed E-state index contributed by atoms with van der Waals surface area (Å²) in [6.45, 7) is 21.3. The highest BCUT2D eigenvalue weighted by atomic mass is 28.5. The Kier molecular flexibility index (Phi) is 25.4. The predicted molar refractivity (Wildman–Crippen MR) is 179 cm³/mol. The van der Waals surface area contributed by atoms with Crippen LogP contribution in [0.5, 0.6) is 0 Å². The first-order valence-corrected chi connectivity index (χ1v) is 23.7. The molecule has 276 valence electrons. The number of carboxylic acid groups (broad SMARTS) is 1. The van der Waals surface area contributed by atoms with E-state index in [0.29, 0.717) is 32.4 Å². The second-order valence-corrected chi connectivity index (χ2v) is 19.3. The minimum absolute atomic E-state index is 0.231. The molecule has 0 saturated carbocycles. The van der Waals surface area contributed by atoms with Gasteiger partial charge in [0.1, 0.15) is 0 Å². The van der Waals surface area contributed by atoms with E-state index in [1.165, 1.54) is 4.90 Å². The molecule has 0 aromatic heterocycles. The Morgan fingerprint density at radius 3 is 1.00 bits per heavy atom. The van der Waals surface area contributed by atoms with Gasteiger partial charge in [-0.1, -0.05) is 12.8 Å². The zero-order valence-corrected chi connectivity index (χ0v) is 34.0. The van der Waals surface area contributed by atoms with Crippen molar-refractivity contribution in [2.24, 2.45) is 0 Å². The van der Waals surface area contributed by atoms with Gasteiger partial charge in [-0.15, -0.1) is 0 Å². The molecule has 0 aliphatic heterocycles. The number of nitrogens with zero attached hydrogens (tertiary/aromatic N) is 1. The Morgan fingerprint density at radius 2 is 0.761 bits per heavy atom. The van der Waals surface area contributed by atoms with Crippen molar-refractivity contribution >= 4 is 42.0 Å². The average molecular weight is 738 g/mol. The standard InChI is InChI=1S/C27H63NO14Si4/c1-11-28(27(29)30)25-23-21-22-24-26-43(40-44(31-12-2,32-13-3)33-14-4,41-45(34-15-5,35-16-6)36-17-7)42-46(37-18-8,38-19-9)39-20-10/h11-26H2,1-10H3,(H,29,30). The van der Waals surface area contributed by atoms with Crippen molar-refractivity contribution in [2.75, 3.05) is 72.6 Å². The fourth-order valence-electron chi connectivity index (χ4n) is 4.40. The van der Waals surface area contributed by atoms with Crippen LogP contribution in [0.4, 0.5) is 4.79 Å². The highest BCUT2D eigenvalue weighted by Gasteiger charge is 2.67. The lowest BCUT2D eigenvalue weighted by Gasteiger charge is -2.43. The maximum atomic E-state index is 11.4. The molecule has 46 heavy (non-hydrogen) atoms. The van der Waals surface area contributed by atoms with Crippen LogP contribution in [0.15, 0.2) is 0 Å². The second kappa shape index (κ2) is 25.6. The van der Waals surface area contributed by atoms with Crippen LogP contribution < -0.4 is 0 Å². The smallest absolute Gasteiger partial charge is 0.465 e. The quantitative estimate of drug-likeness (QED) is 0.0714. The molecule has 0 aliphatic rings. The van der Waals surface area contributed by atoms with Crippen LogP contribution in [-0.4, -0.2) is 125 Å². The molecule has 1 N–H and O–H groups in total. The van der Waals surface area contributed by atoms with Crippen LogP contribution in [0, 0.1) is 0 Å². The summed E-state index contributed by atoms with van der Waals surface area (Å²) in [5.41, 5.74) is 0. The molecule has 0 bridgehead atoms. The zero-order chi connectivity index (χ0) is 35.0. The van der Waals surface area contributed by atoms with Gasteiger partial charge in [0.15, 0.2) is 0 Å². The van der Waals surface area contributed by atoms with Gasteiger partial charge in [-0.25, -0.2) is 4.79 Å². The monoisotopic (exact) mass is 737 g/mol. The van der Waals surface area contributed by atoms with Gasteiger partial charge in [0.2, 0.25) is 0 Å². The van der Waals surface area contributed by atoms with Gasteiger partial charge in [-0.3, -0.25) is 0 Å². The van der Waals surface area contributed by atoms with E-state index in [9.17, 15) is 9.90 Å². The van der Waals surface area contributed by atoms with E-state index >= 15 is 0 Å². The van der Waals surface area contributed by atoms with Crippen LogP contribution in [0.1, 0.15) is 94.9 Å². The van der Waals surface area contributed by atoms with Crippen LogP contribution in [0.25, 0.3) is 0 Å². The Bertz CT molecular complexity index is 656. The van der Waals surface area contributed by atoms with E-state index in [4.69, 9.17) is 52.2 Å². The fourth-order valence-corrected chi connectivity index (χ4v) is 18.6. The predicted octanol–water partition coefficient (Wildman–Crippen LogP) is 5.17. The van der Waals surface area contributed by atoms with E-state index in [0.717, 1.165) is 6.42 Å². The summed E-state index contributed by atoms with van der Waals surface area (Å²) in [7, 11) is -16.0. The molecule has 0 saturated heterocycles. The molecule has 0 rings (SSSR count). The molecule has 0 radical (unpaired) electrons. The fraction of sp³-hybridized carbons (Fsp3) is 0.963. The van der Waals surface area contributed by atoms with Crippen molar-refractivity contribution in [3.05, 3.63) is 0 Å². The summed E-state index contributed by atoms with van der Waals surface area (Å²) in [6, 6.07) is 0.231. The highest BCUT2D eigenvalue weighted by molar-refractivity contribution is 6.82. The van der Waals surface area contributed by atoms with E-state index in [1.807, 2.05) is 69.2 Å². The Morgan fingerprint density at radius 1 is 0.478 bits per heavy atom. The van der Waals surface area contributed by atoms with E-state index < -0.39 is 42.0 Å². The molecule has 0 atom stereocenters. The third kappa shape index (κ3) is 16.4. The van der Waals surface area contributed by atoms with Gasteiger partial charge in [-0.2, -0.15) is 0 Å². The van der Waals surface area contributed by atoms with Crippen molar-refractivity contribution in [1.29, 1.82) is 0 Å². The van der Waals surface area contributed by atoms with Gasteiger partial charge in [-0.05, 0) is 82.1 Å². The first-order valence-electron chi connectivity index (χ1n) is 16.9. The minimum Gasteiger partial charge on any atom is -0.465 e. The summed E-state index contributed by atoms with van der Waals surface area (Å²) < 4.78 is 75.9. The molecule has 0 fully saturated rings. The van der Waals surface area contributed by atoms with Crippen LogP contribution >= 0.6 is 0 Å². The third-order valence-electron chi connectivity index (χ3n) is 6.04. The van der Waals surface area contributed by atoms with Crippen molar-refractivity contribution in [2.45, 2.75) is 101 Å². The molecule has 0 aliphatic carbocycles. The van der Waals surface area contributed by atoms with Crippen LogP contribution in [0.3, 0.4) is 0 Å². The molecule has 1 amide bonds. The van der Waals surface area contributed by atoms with Gasteiger partial charge >= 0.3 is 42.0 Å². The lowest BCUT2D eigenvalue weighted by molar-refractivity contribution is -0.0546. The normalized spacial score (nSPS) is 13.0. The first-order chi connectivity index (χ1) is 22.0. The van der Waals surface area contributed by atoms with E-state index in [2.05, 4.69) is 0 Å². The van der Waals surface area contributed by atoms with Gasteiger partial charge in [0.25, 0.3) is 0 Å². The average Bonchev–Trinajstić information content (AvgIpc) is 2.98. The maximum Gasteiger partial charge on any atom is 0.672 e. The molecular formula is C27H63NO14Si4. The lowest BCUT2D eigenvalue weighted by Crippen LogP contribution is -2.70. The zero-order valence-electron chi connectivity index (χ0n) is 30.0. The summed E-state index contributed by atoms with van der Waals surface area (Å²) in [6.07, 6.45) is 1.80. The van der Waals surface area contributed by atoms with Crippen molar-refractivity contribution < 1.29 is 62.1 Å². The largest absolute Gasteiger partial charge is 0.672 e. The molecule has 15 nitrogen and oxygen atoms in total. The summed E-state index contributed by atoms with van der Waals surface area (Å²) in [5.74, 6) is 0. The number of rotatable bonds is 32. The second-order valence-electron chi connectivity index (χ2n) is 9.41. The number of hydrogen-bond donors (Lipinski definition) is 1. The molecule has 0 heterocycles. The van der Waals surface area contributed by atoms with Crippen LogP contribution in [-0.2, 0) is 52.2 Å². The summed E-state index contributed by atoms with van der Waals surface area (Å²) in [5, 5.41) is 9.39. The molecule has 19 heteroatoms. The van der Waals surface area contributed by atoms with Crippen molar-refractivity contribution in [3.63, 3.8) is 0 Å². The molecule has 0 aromatic carbocycles. The van der Waals surface area contributed by atoms with Gasteiger partial charge < -0.3 is 62.2 Å². The first kappa shape index (κ1) is 45.7. The summed E-state index contributed by atoms with van der Waals surface area (Å²) >= 11 is 0. The Hall–Kier alpha value is -0.342. The van der Waals surface area contributed by atoms with Crippen molar-refractivity contribution in [3.8, 4) is 0 Å². The van der Waals surface area contributed by atoms with Crippen LogP contribution in [0.2, 0.25) is 6.04 Å². The Labute approximate surface area is 282 Å². The topological polar surface area (TPSA) is 151 Å². The molecule has 0 unspecified atom stereocenters. The molecule has 0 spiro atoms. The highest BCUT2D eigenvalue weighted by Crippen LogP contribution is 2.34. The Balaban J connectivity index is 7.12. The van der Waals surface area contributed by atoms with E-state index in [1.54, 1.807) is 0 Å². The third-order valence-corrected chi connectivity index (χ3v) is 19.5. The number of unbranched alkanes of at least 4 members (excludes halogenated alkanes) is 3. The molecule has 0 aromatic rings. The lowest BCUT2D eigenvalue weighted by atomic mass is 10.2. The minimum atomic E-state index is -4.19. The number of amides is 1. The van der Waals surface area contributed by atoms with Crippen molar-refractivity contribution in [1.82, 2.24) is 4.90 Å². The van der Waals surface area contributed by atoms with Gasteiger partial charge in [0, 0.05) is 78.6 Å². The molecular weight excluding hydrogens is 675 g/mol. The maximum absolute atomic E-state index is 11.4. The SMILES string of the molecule is CCO[Si](OCC)(OCC)O[Si](CCCCCCN(CC)C(=O)O)(O[Si](OCC)(OCC)OCC)O[Si](OCC)(OCC)OCC.